The summed E-state index contributed by atoms with van der Waals surface area (Å²) in [6.45, 7) is 0.637. The Bertz CT molecular complexity index is 309. The van der Waals surface area contributed by atoms with Gasteiger partial charge in [0.1, 0.15) is 0 Å². The summed E-state index contributed by atoms with van der Waals surface area (Å²) in [4.78, 5) is 25.0. The summed E-state index contributed by atoms with van der Waals surface area (Å²) in [5, 5.41) is 0. The van der Waals surface area contributed by atoms with Crippen LogP contribution in [0.3, 0.4) is 0 Å². The predicted octanol–water partition coefficient (Wildman–Crippen LogP) is 1.93. The van der Waals surface area contributed by atoms with Crippen LogP contribution in [0.5, 0.6) is 0 Å². The quantitative estimate of drug-likeness (QED) is 0.715. The Hall–Kier alpha value is -1.48. The highest BCUT2D eigenvalue weighted by atomic mass is 19.3. The molecule has 0 saturated heterocycles. The Balaban J connectivity index is 5.38. The number of hydrogen-bond acceptors (Lipinski definition) is 4. The van der Waals surface area contributed by atoms with Gasteiger partial charge in [-0.25, -0.2) is 18.4 Å². The van der Waals surface area contributed by atoms with E-state index in [0.717, 1.165) is 0 Å². The second kappa shape index (κ2) is 5.23. The van der Waals surface area contributed by atoms with Crippen LogP contribution in [-0.2, 0) is 19.5 Å². The zero-order valence-corrected chi connectivity index (χ0v) is 8.19. The lowest BCUT2D eigenvalue weighted by molar-refractivity contribution is -0.244. The smallest absolute Gasteiger partial charge is 0.251 e. The van der Waals surface area contributed by atoms with Crippen molar-refractivity contribution in [3.8, 4) is 0 Å². The summed E-state index contributed by atoms with van der Waals surface area (Å²) in [5.74, 6) is -10.8. The first-order chi connectivity index (χ1) is 7.68. The maximum Gasteiger partial charge on any atom is 0.392 e. The molecule has 0 N–H and O–H groups in total. The third-order valence-corrected chi connectivity index (χ3v) is 2.01. The van der Waals surface area contributed by atoms with Gasteiger partial charge in [-0.1, -0.05) is 6.92 Å². The number of rotatable bonds is 5. The molecule has 0 saturated carbocycles. The molecule has 0 spiro atoms. The van der Waals surface area contributed by atoms with Gasteiger partial charge in [0.25, 0.3) is 11.8 Å². The van der Waals surface area contributed by atoms with Gasteiger partial charge in [-0.2, -0.15) is 8.78 Å². The van der Waals surface area contributed by atoms with E-state index in [1.807, 2.05) is 0 Å². The third kappa shape index (κ3) is 2.44. The van der Waals surface area contributed by atoms with Crippen molar-refractivity contribution in [2.75, 3.05) is 0 Å². The standard InChI is InChI=1S/C7H6F6O4/c1-2-6(9,5(15)17-13)7(10,11)3(8)4(14)16-12/h3H,2H2,1H3. The first-order valence-corrected chi connectivity index (χ1v) is 4.05. The van der Waals surface area contributed by atoms with Crippen molar-refractivity contribution >= 4 is 11.9 Å². The number of halogens is 6. The molecular weight excluding hydrogens is 262 g/mol. The number of alkyl halides is 4. The van der Waals surface area contributed by atoms with Gasteiger partial charge in [0.2, 0.25) is 0 Å². The first-order valence-electron chi connectivity index (χ1n) is 4.05. The van der Waals surface area contributed by atoms with Crippen LogP contribution in [0.25, 0.3) is 0 Å². The topological polar surface area (TPSA) is 52.6 Å². The zero-order valence-electron chi connectivity index (χ0n) is 8.19. The van der Waals surface area contributed by atoms with Crippen LogP contribution in [-0.4, -0.2) is 29.7 Å². The Morgan fingerprint density at radius 1 is 1.18 bits per heavy atom. The SMILES string of the molecule is CCC(F)(C(=O)OF)C(F)(F)C(F)C(=O)OF. The normalized spacial score (nSPS) is 16.9. The summed E-state index contributed by atoms with van der Waals surface area (Å²) in [6, 6.07) is 0. The van der Waals surface area contributed by atoms with E-state index in [0.29, 0.717) is 6.92 Å². The maximum atomic E-state index is 13.4. The van der Waals surface area contributed by atoms with Crippen molar-refractivity contribution in [1.82, 2.24) is 0 Å². The van der Waals surface area contributed by atoms with Gasteiger partial charge in [-0.05, 0) is 6.42 Å². The molecule has 10 heteroatoms. The van der Waals surface area contributed by atoms with Crippen molar-refractivity contribution in [1.29, 1.82) is 0 Å². The average Bonchev–Trinajstić information content (AvgIpc) is 2.34. The van der Waals surface area contributed by atoms with Crippen LogP contribution in [0.2, 0.25) is 0 Å². The van der Waals surface area contributed by atoms with Crippen LogP contribution in [0, 0.1) is 0 Å². The molecule has 17 heavy (non-hydrogen) atoms. The van der Waals surface area contributed by atoms with Crippen molar-refractivity contribution < 1.29 is 46.1 Å². The first kappa shape index (κ1) is 15.5. The van der Waals surface area contributed by atoms with Crippen LogP contribution in [0.15, 0.2) is 0 Å². The molecule has 4 nitrogen and oxygen atoms in total. The second-order valence-electron chi connectivity index (χ2n) is 2.90. The maximum absolute atomic E-state index is 13.4. The molecule has 0 aromatic heterocycles. The minimum atomic E-state index is -5.35. The molecule has 2 atom stereocenters. The fourth-order valence-corrected chi connectivity index (χ4v) is 0.965. The number of hydrogen-bond donors (Lipinski definition) is 0. The van der Waals surface area contributed by atoms with Gasteiger partial charge in [-0.3, -0.25) is 9.88 Å². The largest absolute Gasteiger partial charge is 0.392 e. The van der Waals surface area contributed by atoms with Crippen LogP contribution < -0.4 is 0 Å². The average molecular weight is 268 g/mol. The highest BCUT2D eigenvalue weighted by Gasteiger charge is 2.68. The summed E-state index contributed by atoms with van der Waals surface area (Å²) in [7, 11) is 0. The van der Waals surface area contributed by atoms with E-state index >= 15 is 0 Å². The highest BCUT2D eigenvalue weighted by Crippen LogP contribution is 2.41. The minimum absolute atomic E-state index is 0.637. The molecule has 0 fully saturated rings. The molecule has 2 unspecified atom stereocenters. The lowest BCUT2D eigenvalue weighted by Crippen LogP contribution is -2.57. The van der Waals surface area contributed by atoms with E-state index in [4.69, 9.17) is 0 Å². The molecule has 0 aliphatic carbocycles. The van der Waals surface area contributed by atoms with Gasteiger partial charge >= 0.3 is 17.9 Å². The number of carbonyl (C=O) groups excluding carboxylic acids is 2. The summed E-state index contributed by atoms with van der Waals surface area (Å²) < 4.78 is 74.9. The molecule has 0 rings (SSSR count). The van der Waals surface area contributed by atoms with Crippen LogP contribution in [0.4, 0.5) is 26.6 Å². The van der Waals surface area contributed by atoms with Crippen molar-refractivity contribution in [3.63, 3.8) is 0 Å². The van der Waals surface area contributed by atoms with Gasteiger partial charge < -0.3 is 0 Å². The molecule has 0 amide bonds. The molecule has 0 aromatic rings. The summed E-state index contributed by atoms with van der Waals surface area (Å²) >= 11 is 0. The van der Waals surface area contributed by atoms with Crippen molar-refractivity contribution in [2.45, 2.75) is 31.1 Å². The second-order valence-corrected chi connectivity index (χ2v) is 2.90. The van der Waals surface area contributed by atoms with E-state index in [1.165, 1.54) is 0 Å². The highest BCUT2D eigenvalue weighted by molar-refractivity contribution is 5.83. The lowest BCUT2D eigenvalue weighted by Gasteiger charge is -2.29. The van der Waals surface area contributed by atoms with E-state index in [1.54, 1.807) is 0 Å². The number of carbonyl (C=O) groups is 2. The Morgan fingerprint density at radius 3 is 1.94 bits per heavy atom. The minimum Gasteiger partial charge on any atom is -0.251 e. The van der Waals surface area contributed by atoms with Gasteiger partial charge in [-0.15, -0.1) is 0 Å². The molecule has 0 radical (unpaired) electrons. The van der Waals surface area contributed by atoms with Crippen molar-refractivity contribution in [3.05, 3.63) is 0 Å². The Labute approximate surface area is 90.3 Å². The predicted molar refractivity (Wildman–Crippen MR) is 38.4 cm³/mol. The Kier molecular flexibility index (Phi) is 4.78. The molecule has 0 aromatic carbocycles. The van der Waals surface area contributed by atoms with Crippen LogP contribution >= 0.6 is 0 Å². The van der Waals surface area contributed by atoms with Gasteiger partial charge in [0, 0.05) is 9.05 Å². The summed E-state index contributed by atoms with van der Waals surface area (Å²) in [5.41, 5.74) is -4.46. The van der Waals surface area contributed by atoms with E-state index < -0.39 is 36.1 Å². The lowest BCUT2D eigenvalue weighted by atomic mass is 9.91. The molecule has 0 bridgehead atoms. The molecular formula is C7H6F6O4. The zero-order chi connectivity index (χ0) is 13.9. The van der Waals surface area contributed by atoms with Gasteiger partial charge in [0.05, 0.1) is 0 Å². The third-order valence-electron chi connectivity index (χ3n) is 2.01. The molecule has 0 aliphatic heterocycles. The van der Waals surface area contributed by atoms with E-state index in [9.17, 15) is 36.2 Å². The van der Waals surface area contributed by atoms with Crippen molar-refractivity contribution in [2.24, 2.45) is 0 Å². The van der Waals surface area contributed by atoms with Gasteiger partial charge in [0.15, 0.2) is 0 Å². The molecule has 0 aliphatic rings. The fraction of sp³-hybridized carbons (Fsp3) is 0.714. The monoisotopic (exact) mass is 268 g/mol. The van der Waals surface area contributed by atoms with E-state index in [2.05, 4.69) is 9.88 Å². The molecule has 100 valence electrons. The fourth-order valence-electron chi connectivity index (χ4n) is 0.965. The Morgan fingerprint density at radius 2 is 1.65 bits per heavy atom. The van der Waals surface area contributed by atoms with Crippen LogP contribution in [0.1, 0.15) is 13.3 Å². The van der Waals surface area contributed by atoms with E-state index in [-0.39, 0.29) is 0 Å². The summed E-state index contributed by atoms with van der Waals surface area (Å²) in [6.07, 6.45) is -5.54. The molecule has 0 heterocycles.